The van der Waals surface area contributed by atoms with Gasteiger partial charge in [-0.05, 0) is 43.9 Å². The third-order valence-electron chi connectivity index (χ3n) is 7.77. The van der Waals surface area contributed by atoms with Crippen molar-refractivity contribution in [3.63, 3.8) is 0 Å². The fraction of sp³-hybridized carbons (Fsp3) is 0.538. The number of hydrogen-bond acceptors (Lipinski definition) is 5. The molecule has 0 atom stereocenters. The van der Waals surface area contributed by atoms with E-state index in [4.69, 9.17) is 4.52 Å². The highest BCUT2D eigenvalue weighted by atomic mass is 16.5. The van der Waals surface area contributed by atoms with Crippen molar-refractivity contribution in [3.05, 3.63) is 53.7 Å². The van der Waals surface area contributed by atoms with E-state index in [1.165, 1.54) is 18.5 Å². The molecular weight excluding hydrogens is 414 g/mol. The van der Waals surface area contributed by atoms with Gasteiger partial charge in [-0.15, -0.1) is 0 Å². The van der Waals surface area contributed by atoms with Crippen LogP contribution in [0, 0.1) is 5.41 Å². The molecule has 3 aliphatic rings. The van der Waals surface area contributed by atoms with Gasteiger partial charge in [0.1, 0.15) is 0 Å². The molecule has 33 heavy (non-hydrogen) atoms. The lowest BCUT2D eigenvalue weighted by molar-refractivity contribution is -0.0746. The summed E-state index contributed by atoms with van der Waals surface area (Å²) in [5.74, 6) is 1.26. The quantitative estimate of drug-likeness (QED) is 0.579. The van der Waals surface area contributed by atoms with Gasteiger partial charge in [0.2, 0.25) is 11.7 Å². The van der Waals surface area contributed by atoms with Gasteiger partial charge in [-0.25, -0.2) is 0 Å². The number of likely N-dealkylation sites (tertiary alicyclic amines) is 1. The van der Waals surface area contributed by atoms with Gasteiger partial charge in [0.25, 0.3) is 5.91 Å². The topological polar surface area (TPSA) is 77.1 Å². The summed E-state index contributed by atoms with van der Waals surface area (Å²) in [5.41, 5.74) is 3.38. The Balaban J connectivity index is 1.07. The summed E-state index contributed by atoms with van der Waals surface area (Å²) in [4.78, 5) is 19.5. The molecule has 172 valence electrons. The van der Waals surface area contributed by atoms with E-state index in [1.807, 2.05) is 56.1 Å². The largest absolute Gasteiger partial charge is 0.338 e. The summed E-state index contributed by atoms with van der Waals surface area (Å²) in [6.45, 7) is 10.1. The maximum absolute atomic E-state index is 13.0. The molecule has 0 N–H and O–H groups in total. The lowest BCUT2D eigenvalue weighted by Crippen LogP contribution is -2.64. The summed E-state index contributed by atoms with van der Waals surface area (Å²) in [6.07, 6.45) is 6.72. The van der Waals surface area contributed by atoms with Crippen LogP contribution in [0.25, 0.3) is 11.4 Å². The van der Waals surface area contributed by atoms with Gasteiger partial charge in [-0.1, -0.05) is 45.0 Å². The molecule has 3 aromatic rings. The van der Waals surface area contributed by atoms with E-state index >= 15 is 0 Å². The van der Waals surface area contributed by atoms with E-state index in [0.29, 0.717) is 28.7 Å². The molecule has 3 heterocycles. The fourth-order valence-corrected chi connectivity index (χ4v) is 5.39. The Hall–Kier alpha value is -2.96. The van der Waals surface area contributed by atoms with E-state index in [1.54, 1.807) is 0 Å². The van der Waals surface area contributed by atoms with Crippen LogP contribution in [0.5, 0.6) is 0 Å². The second-order valence-corrected chi connectivity index (χ2v) is 11.7. The molecule has 0 unspecified atom stereocenters. The Kier molecular flexibility index (Phi) is 4.24. The lowest BCUT2D eigenvalue weighted by Gasteiger charge is -2.59. The first-order valence-corrected chi connectivity index (χ1v) is 11.9. The molecule has 7 nitrogen and oxygen atoms in total. The van der Waals surface area contributed by atoms with Crippen molar-refractivity contribution in [1.29, 1.82) is 0 Å². The zero-order chi connectivity index (χ0) is 23.0. The van der Waals surface area contributed by atoms with Crippen molar-refractivity contribution in [2.75, 3.05) is 13.1 Å². The second kappa shape index (κ2) is 6.78. The molecule has 1 saturated heterocycles. The number of carbonyl (C=O) groups excluding carboxylic acids is 1. The third-order valence-corrected chi connectivity index (χ3v) is 7.77. The Morgan fingerprint density at radius 1 is 1.09 bits per heavy atom. The van der Waals surface area contributed by atoms with Crippen LogP contribution in [0.4, 0.5) is 0 Å². The minimum Gasteiger partial charge on any atom is -0.338 e. The molecular formula is C26H31N5O2. The summed E-state index contributed by atoms with van der Waals surface area (Å²) in [7, 11) is 0. The van der Waals surface area contributed by atoms with E-state index < -0.39 is 0 Å². The fourth-order valence-electron chi connectivity index (χ4n) is 5.39. The van der Waals surface area contributed by atoms with Crippen molar-refractivity contribution in [2.45, 2.75) is 70.3 Å². The van der Waals surface area contributed by atoms with Crippen LogP contribution in [0.3, 0.4) is 0 Å². The van der Waals surface area contributed by atoms with Gasteiger partial charge in [0.15, 0.2) is 0 Å². The monoisotopic (exact) mass is 445 g/mol. The van der Waals surface area contributed by atoms with Crippen molar-refractivity contribution < 1.29 is 9.32 Å². The van der Waals surface area contributed by atoms with Gasteiger partial charge >= 0.3 is 0 Å². The van der Waals surface area contributed by atoms with Crippen molar-refractivity contribution in [3.8, 4) is 11.4 Å². The molecule has 0 radical (unpaired) electrons. The van der Waals surface area contributed by atoms with Crippen molar-refractivity contribution in [2.24, 2.45) is 5.41 Å². The van der Waals surface area contributed by atoms with Crippen LogP contribution in [-0.4, -0.2) is 43.8 Å². The number of benzene rings is 1. The summed E-state index contributed by atoms with van der Waals surface area (Å²) in [5, 5.41) is 8.73. The molecule has 3 fully saturated rings. The molecule has 1 amide bonds. The van der Waals surface area contributed by atoms with Crippen LogP contribution >= 0.6 is 0 Å². The van der Waals surface area contributed by atoms with Gasteiger partial charge in [-0.3, -0.25) is 9.48 Å². The molecule has 2 aliphatic carbocycles. The Morgan fingerprint density at radius 3 is 2.39 bits per heavy atom. The predicted octanol–water partition coefficient (Wildman–Crippen LogP) is 4.76. The average Bonchev–Trinajstić information content (AvgIpc) is 3.13. The minimum absolute atomic E-state index is 0.101. The number of aromatic nitrogens is 4. The first-order chi connectivity index (χ1) is 15.7. The summed E-state index contributed by atoms with van der Waals surface area (Å²) >= 11 is 0. The van der Waals surface area contributed by atoms with Gasteiger partial charge in [-0.2, -0.15) is 10.1 Å². The first-order valence-electron chi connectivity index (χ1n) is 11.9. The Labute approximate surface area is 194 Å². The maximum Gasteiger partial charge on any atom is 0.253 e. The molecule has 7 heteroatoms. The standard InChI is InChI=1S/C26H31N5O2/c1-24(2,3)23-28-21(29-33-23)17-5-7-18(8-6-17)22(32)30-15-26(16-30)13-19(14-26)31-20(9-12-27-31)25(4)10-11-25/h5-9,12,19H,10-11,13-16H2,1-4H3. The van der Waals surface area contributed by atoms with Gasteiger partial charge < -0.3 is 9.42 Å². The Morgan fingerprint density at radius 2 is 1.79 bits per heavy atom. The van der Waals surface area contributed by atoms with Crippen LogP contribution in [0.15, 0.2) is 41.1 Å². The smallest absolute Gasteiger partial charge is 0.253 e. The van der Waals surface area contributed by atoms with E-state index in [0.717, 1.165) is 31.5 Å². The van der Waals surface area contributed by atoms with Crippen molar-refractivity contribution in [1.82, 2.24) is 24.8 Å². The highest BCUT2D eigenvalue weighted by Gasteiger charge is 2.55. The highest BCUT2D eigenvalue weighted by molar-refractivity contribution is 5.95. The Bertz CT molecular complexity index is 1200. The molecule has 2 aromatic heterocycles. The van der Waals surface area contributed by atoms with Crippen LogP contribution in [0.1, 0.15) is 81.4 Å². The second-order valence-electron chi connectivity index (χ2n) is 11.7. The third kappa shape index (κ3) is 3.40. The normalized spacial score (nSPS) is 21.0. The van der Waals surface area contributed by atoms with Crippen LogP contribution < -0.4 is 0 Å². The lowest BCUT2D eigenvalue weighted by atomic mass is 9.60. The zero-order valence-electron chi connectivity index (χ0n) is 19.8. The highest BCUT2D eigenvalue weighted by Crippen LogP contribution is 2.56. The molecule has 2 saturated carbocycles. The molecule has 6 rings (SSSR count). The van der Waals surface area contributed by atoms with E-state index in [2.05, 4.69) is 32.9 Å². The average molecular weight is 446 g/mol. The van der Waals surface area contributed by atoms with Crippen LogP contribution in [-0.2, 0) is 10.8 Å². The van der Waals surface area contributed by atoms with Gasteiger partial charge in [0, 0.05) is 52.4 Å². The number of hydrogen-bond donors (Lipinski definition) is 0. The number of nitrogens with zero attached hydrogens (tertiary/aromatic N) is 5. The SMILES string of the molecule is CC(C)(C)c1nc(-c2ccc(C(=O)N3CC4(CC(n5nccc5C5(C)CC5)C4)C3)cc2)no1. The first kappa shape index (κ1) is 20.6. The van der Waals surface area contributed by atoms with Crippen molar-refractivity contribution >= 4 is 5.91 Å². The molecule has 0 bridgehead atoms. The van der Waals surface area contributed by atoms with Crippen LogP contribution in [0.2, 0.25) is 0 Å². The number of rotatable bonds is 4. The minimum atomic E-state index is -0.190. The zero-order valence-corrected chi connectivity index (χ0v) is 19.8. The molecule has 1 aromatic carbocycles. The summed E-state index contributed by atoms with van der Waals surface area (Å²) < 4.78 is 7.66. The molecule has 1 aliphatic heterocycles. The van der Waals surface area contributed by atoms with E-state index in [-0.39, 0.29) is 16.7 Å². The number of amides is 1. The maximum atomic E-state index is 13.0. The number of carbonyl (C=O) groups is 1. The summed E-state index contributed by atoms with van der Waals surface area (Å²) in [6, 6.07) is 10.2. The molecule has 1 spiro atoms. The van der Waals surface area contributed by atoms with Gasteiger partial charge in [0.05, 0.1) is 6.04 Å². The van der Waals surface area contributed by atoms with E-state index in [9.17, 15) is 4.79 Å². The predicted molar refractivity (Wildman–Crippen MR) is 124 cm³/mol.